The van der Waals surface area contributed by atoms with Gasteiger partial charge in [-0.3, -0.25) is 0 Å². The minimum atomic E-state index is 0.939. The second kappa shape index (κ2) is 4.40. The summed E-state index contributed by atoms with van der Waals surface area (Å²) < 4.78 is 5.44. The minimum Gasteiger partial charge on any atom is -0.496 e. The largest absolute Gasteiger partial charge is 0.496 e. The quantitative estimate of drug-likeness (QED) is 0.731. The smallest absolute Gasteiger partial charge is 0.126 e. The van der Waals surface area contributed by atoms with E-state index in [4.69, 9.17) is 4.74 Å². The highest BCUT2D eigenvalue weighted by atomic mass is 16.5. The third-order valence-electron chi connectivity index (χ3n) is 2.79. The molecule has 0 fully saturated rings. The number of hydrogen-bond donors (Lipinski definition) is 0. The van der Waals surface area contributed by atoms with Gasteiger partial charge in [-0.2, -0.15) is 0 Å². The zero-order valence-corrected chi connectivity index (χ0v) is 9.95. The molecule has 0 spiro atoms. The first-order valence-electron chi connectivity index (χ1n) is 5.43. The monoisotopic (exact) mass is 212 g/mol. The summed E-state index contributed by atoms with van der Waals surface area (Å²) in [5.41, 5.74) is 4.88. The van der Waals surface area contributed by atoms with Crippen LogP contribution in [-0.2, 0) is 0 Å². The Morgan fingerprint density at radius 2 is 1.62 bits per heavy atom. The fourth-order valence-electron chi connectivity index (χ4n) is 1.90. The van der Waals surface area contributed by atoms with Crippen LogP contribution in [0.25, 0.3) is 11.1 Å². The number of hydrogen-bond acceptors (Lipinski definition) is 1. The van der Waals surface area contributed by atoms with Gasteiger partial charge in [0, 0.05) is 5.56 Å². The van der Waals surface area contributed by atoms with Crippen molar-refractivity contribution in [2.45, 2.75) is 13.8 Å². The first-order valence-corrected chi connectivity index (χ1v) is 5.43. The van der Waals surface area contributed by atoms with Crippen molar-refractivity contribution in [3.63, 3.8) is 0 Å². The van der Waals surface area contributed by atoms with Crippen molar-refractivity contribution in [3.8, 4) is 16.9 Å². The SMILES string of the molecule is COc1cc(C)ccc1-c1ccccc1C. The van der Waals surface area contributed by atoms with Crippen LogP contribution in [0, 0.1) is 13.8 Å². The van der Waals surface area contributed by atoms with Crippen molar-refractivity contribution in [2.75, 3.05) is 7.11 Å². The third kappa shape index (κ3) is 1.94. The second-order valence-corrected chi connectivity index (χ2v) is 4.02. The molecular weight excluding hydrogens is 196 g/mol. The Bertz CT molecular complexity index is 501. The van der Waals surface area contributed by atoms with Crippen LogP contribution in [0.2, 0.25) is 0 Å². The second-order valence-electron chi connectivity index (χ2n) is 4.02. The van der Waals surface area contributed by atoms with Crippen LogP contribution in [0.4, 0.5) is 0 Å². The molecule has 0 aliphatic carbocycles. The molecule has 16 heavy (non-hydrogen) atoms. The van der Waals surface area contributed by atoms with Crippen LogP contribution < -0.4 is 4.74 Å². The van der Waals surface area contributed by atoms with E-state index in [1.54, 1.807) is 7.11 Å². The molecule has 0 saturated heterocycles. The molecule has 82 valence electrons. The van der Waals surface area contributed by atoms with Gasteiger partial charge in [0.05, 0.1) is 7.11 Å². The Kier molecular flexibility index (Phi) is 2.95. The van der Waals surface area contributed by atoms with E-state index in [9.17, 15) is 0 Å². The minimum absolute atomic E-state index is 0.939. The lowest BCUT2D eigenvalue weighted by molar-refractivity contribution is 0.416. The number of benzene rings is 2. The lowest BCUT2D eigenvalue weighted by Crippen LogP contribution is -1.90. The van der Waals surface area contributed by atoms with E-state index in [2.05, 4.69) is 56.3 Å². The van der Waals surface area contributed by atoms with E-state index in [1.165, 1.54) is 16.7 Å². The zero-order valence-electron chi connectivity index (χ0n) is 9.95. The first kappa shape index (κ1) is 10.7. The van der Waals surface area contributed by atoms with Crippen LogP contribution in [-0.4, -0.2) is 7.11 Å². The molecule has 2 aromatic rings. The van der Waals surface area contributed by atoms with Crippen LogP contribution in [0.5, 0.6) is 5.75 Å². The molecule has 0 atom stereocenters. The standard InChI is InChI=1S/C15H16O/c1-11-8-9-14(15(10-11)16-3)13-7-5-4-6-12(13)2/h4-10H,1-3H3. The average Bonchev–Trinajstić information content (AvgIpc) is 2.30. The lowest BCUT2D eigenvalue weighted by Gasteiger charge is -2.11. The van der Waals surface area contributed by atoms with Crippen molar-refractivity contribution in [2.24, 2.45) is 0 Å². The molecule has 0 aromatic heterocycles. The van der Waals surface area contributed by atoms with Gasteiger partial charge in [0.2, 0.25) is 0 Å². The van der Waals surface area contributed by atoms with E-state index >= 15 is 0 Å². The molecule has 1 nitrogen and oxygen atoms in total. The van der Waals surface area contributed by atoms with Gasteiger partial charge >= 0.3 is 0 Å². The van der Waals surface area contributed by atoms with E-state index in [0.717, 1.165) is 11.3 Å². The maximum atomic E-state index is 5.44. The molecule has 1 heteroatoms. The molecule has 0 N–H and O–H groups in total. The van der Waals surface area contributed by atoms with Crippen LogP contribution in [0.1, 0.15) is 11.1 Å². The van der Waals surface area contributed by atoms with Gasteiger partial charge in [-0.1, -0.05) is 36.4 Å². The zero-order chi connectivity index (χ0) is 11.5. The van der Waals surface area contributed by atoms with Gasteiger partial charge < -0.3 is 4.74 Å². The normalized spacial score (nSPS) is 10.2. The Morgan fingerprint density at radius 3 is 2.31 bits per heavy atom. The summed E-state index contributed by atoms with van der Waals surface area (Å²) in [7, 11) is 1.72. The Morgan fingerprint density at radius 1 is 0.875 bits per heavy atom. The third-order valence-corrected chi connectivity index (χ3v) is 2.79. The average molecular weight is 212 g/mol. The molecule has 0 aliphatic rings. The fourth-order valence-corrected chi connectivity index (χ4v) is 1.90. The lowest BCUT2D eigenvalue weighted by atomic mass is 9.99. The molecule has 0 aliphatic heterocycles. The highest BCUT2D eigenvalue weighted by Gasteiger charge is 2.07. The van der Waals surface area contributed by atoms with Crippen molar-refractivity contribution in [1.82, 2.24) is 0 Å². The summed E-state index contributed by atoms with van der Waals surface area (Å²) in [6, 6.07) is 14.7. The van der Waals surface area contributed by atoms with E-state index in [-0.39, 0.29) is 0 Å². The van der Waals surface area contributed by atoms with Gasteiger partial charge in [-0.25, -0.2) is 0 Å². The molecule has 0 radical (unpaired) electrons. The fraction of sp³-hybridized carbons (Fsp3) is 0.200. The van der Waals surface area contributed by atoms with Gasteiger partial charge in [0.1, 0.15) is 5.75 Å². The molecule has 0 unspecified atom stereocenters. The van der Waals surface area contributed by atoms with Crippen LogP contribution in [0.15, 0.2) is 42.5 Å². The molecule has 2 rings (SSSR count). The summed E-state index contributed by atoms with van der Waals surface area (Å²) >= 11 is 0. The first-order chi connectivity index (χ1) is 7.72. The Balaban J connectivity index is 2.60. The van der Waals surface area contributed by atoms with Gasteiger partial charge in [0.25, 0.3) is 0 Å². The van der Waals surface area contributed by atoms with Crippen molar-refractivity contribution in [1.29, 1.82) is 0 Å². The summed E-state index contributed by atoms with van der Waals surface area (Å²) in [4.78, 5) is 0. The molecule has 0 heterocycles. The summed E-state index contributed by atoms with van der Waals surface area (Å²) in [6.07, 6.45) is 0. The van der Waals surface area contributed by atoms with Crippen LogP contribution >= 0.6 is 0 Å². The predicted molar refractivity (Wildman–Crippen MR) is 67.9 cm³/mol. The number of aryl methyl sites for hydroxylation is 2. The van der Waals surface area contributed by atoms with Gasteiger partial charge in [-0.15, -0.1) is 0 Å². The number of rotatable bonds is 2. The van der Waals surface area contributed by atoms with E-state index < -0.39 is 0 Å². The van der Waals surface area contributed by atoms with Crippen molar-refractivity contribution >= 4 is 0 Å². The highest BCUT2D eigenvalue weighted by Crippen LogP contribution is 2.32. The highest BCUT2D eigenvalue weighted by molar-refractivity contribution is 5.73. The maximum absolute atomic E-state index is 5.44. The molecule has 0 saturated carbocycles. The van der Waals surface area contributed by atoms with Crippen LogP contribution in [0.3, 0.4) is 0 Å². The Labute approximate surface area is 96.7 Å². The van der Waals surface area contributed by atoms with Gasteiger partial charge in [-0.05, 0) is 36.6 Å². The maximum Gasteiger partial charge on any atom is 0.126 e. The summed E-state index contributed by atoms with van der Waals surface area (Å²) in [5.74, 6) is 0.939. The van der Waals surface area contributed by atoms with Crippen molar-refractivity contribution < 1.29 is 4.74 Å². The molecule has 2 aromatic carbocycles. The number of methoxy groups -OCH3 is 1. The predicted octanol–water partition coefficient (Wildman–Crippen LogP) is 3.98. The molecule has 0 bridgehead atoms. The number of ether oxygens (including phenoxy) is 1. The van der Waals surface area contributed by atoms with E-state index in [1.807, 2.05) is 0 Å². The van der Waals surface area contributed by atoms with E-state index in [0.29, 0.717) is 0 Å². The topological polar surface area (TPSA) is 9.23 Å². The Hall–Kier alpha value is -1.76. The summed E-state index contributed by atoms with van der Waals surface area (Å²) in [5, 5.41) is 0. The van der Waals surface area contributed by atoms with Crippen molar-refractivity contribution in [3.05, 3.63) is 53.6 Å². The van der Waals surface area contributed by atoms with Gasteiger partial charge in [0.15, 0.2) is 0 Å². The summed E-state index contributed by atoms with van der Waals surface area (Å²) in [6.45, 7) is 4.19. The molecule has 0 amide bonds. The molecular formula is C15H16O.